The van der Waals surface area contributed by atoms with Gasteiger partial charge in [0.2, 0.25) is 0 Å². The van der Waals surface area contributed by atoms with Gasteiger partial charge in [0, 0.05) is 29.5 Å². The van der Waals surface area contributed by atoms with Crippen molar-refractivity contribution < 1.29 is 0 Å². The monoisotopic (exact) mass is 246 g/mol. The molecule has 1 aliphatic heterocycles. The highest BCUT2D eigenvalue weighted by molar-refractivity contribution is 9.09. The fourth-order valence-electron chi connectivity index (χ4n) is 1.61. The molecule has 0 radical (unpaired) electrons. The molecule has 1 unspecified atom stereocenters. The molecule has 0 spiro atoms. The van der Waals surface area contributed by atoms with E-state index in [1.165, 1.54) is 24.5 Å². The van der Waals surface area contributed by atoms with Crippen LogP contribution in [0.4, 0.5) is 5.13 Å². The van der Waals surface area contributed by atoms with Crippen molar-refractivity contribution in [2.45, 2.75) is 18.9 Å². The topological polar surface area (TPSA) is 16.1 Å². The van der Waals surface area contributed by atoms with Crippen molar-refractivity contribution in [1.29, 1.82) is 0 Å². The van der Waals surface area contributed by atoms with E-state index in [9.17, 15) is 0 Å². The molecule has 0 amide bonds. The first kappa shape index (κ1) is 8.51. The predicted octanol–water partition coefficient (Wildman–Crippen LogP) is 2.51. The molecule has 1 aliphatic rings. The average molecular weight is 247 g/mol. The molecule has 66 valence electrons. The largest absolute Gasteiger partial charge is 0.344 e. The molecule has 2 nitrogen and oxygen atoms in total. The Kier molecular flexibility index (Phi) is 2.66. The van der Waals surface area contributed by atoms with Crippen molar-refractivity contribution in [2.75, 3.05) is 16.8 Å². The molecular weight excluding hydrogens is 236 g/mol. The van der Waals surface area contributed by atoms with Gasteiger partial charge in [-0.1, -0.05) is 15.9 Å². The molecule has 1 fully saturated rings. The number of alkyl halides is 1. The van der Waals surface area contributed by atoms with Gasteiger partial charge in [-0.15, -0.1) is 11.3 Å². The Morgan fingerprint density at radius 2 is 2.67 bits per heavy atom. The van der Waals surface area contributed by atoms with Crippen LogP contribution in [0, 0.1) is 0 Å². The molecule has 0 aliphatic carbocycles. The van der Waals surface area contributed by atoms with Gasteiger partial charge in [-0.3, -0.25) is 0 Å². The third-order valence-electron chi connectivity index (χ3n) is 2.22. The molecule has 1 atom stereocenters. The van der Waals surface area contributed by atoms with E-state index < -0.39 is 0 Å². The van der Waals surface area contributed by atoms with Crippen molar-refractivity contribution in [1.82, 2.24) is 4.98 Å². The molecule has 4 heteroatoms. The molecule has 2 heterocycles. The summed E-state index contributed by atoms with van der Waals surface area (Å²) in [5.41, 5.74) is 0. The second-order valence-electron chi connectivity index (χ2n) is 2.96. The van der Waals surface area contributed by atoms with Gasteiger partial charge in [0.1, 0.15) is 0 Å². The van der Waals surface area contributed by atoms with Crippen LogP contribution in [0.15, 0.2) is 11.6 Å². The van der Waals surface area contributed by atoms with Gasteiger partial charge >= 0.3 is 0 Å². The minimum absolute atomic E-state index is 0.663. The normalized spacial score (nSPS) is 23.4. The van der Waals surface area contributed by atoms with Crippen LogP contribution < -0.4 is 4.90 Å². The van der Waals surface area contributed by atoms with E-state index in [1.807, 2.05) is 11.6 Å². The summed E-state index contributed by atoms with van der Waals surface area (Å²) in [4.78, 5) is 6.72. The van der Waals surface area contributed by atoms with E-state index in [-0.39, 0.29) is 0 Å². The maximum atomic E-state index is 4.32. The predicted molar refractivity (Wildman–Crippen MR) is 56.3 cm³/mol. The zero-order valence-corrected chi connectivity index (χ0v) is 9.14. The van der Waals surface area contributed by atoms with Crippen molar-refractivity contribution >= 4 is 32.4 Å². The number of aromatic nitrogens is 1. The SMILES string of the molecule is BrCC1CCCN1c1nccs1. The summed E-state index contributed by atoms with van der Waals surface area (Å²) in [5.74, 6) is 0. The highest BCUT2D eigenvalue weighted by Gasteiger charge is 2.24. The third-order valence-corrected chi connectivity index (χ3v) is 3.78. The lowest BCUT2D eigenvalue weighted by Gasteiger charge is -2.21. The summed E-state index contributed by atoms with van der Waals surface area (Å²) in [6, 6.07) is 0.663. The lowest BCUT2D eigenvalue weighted by atomic mass is 10.2. The van der Waals surface area contributed by atoms with Gasteiger partial charge < -0.3 is 4.90 Å². The molecule has 0 bridgehead atoms. The molecular formula is C8H11BrN2S. The van der Waals surface area contributed by atoms with Gasteiger partial charge in [-0.05, 0) is 12.8 Å². The first-order valence-electron chi connectivity index (χ1n) is 4.14. The summed E-state index contributed by atoms with van der Waals surface area (Å²) in [6.45, 7) is 1.17. The lowest BCUT2D eigenvalue weighted by Crippen LogP contribution is -2.30. The van der Waals surface area contributed by atoms with E-state index >= 15 is 0 Å². The average Bonchev–Trinajstić information content (AvgIpc) is 2.74. The zero-order chi connectivity index (χ0) is 8.39. The van der Waals surface area contributed by atoms with Crippen LogP contribution in [-0.2, 0) is 0 Å². The molecule has 0 aromatic carbocycles. The van der Waals surface area contributed by atoms with E-state index in [2.05, 4.69) is 25.8 Å². The smallest absolute Gasteiger partial charge is 0.185 e. The van der Waals surface area contributed by atoms with Crippen LogP contribution in [0.3, 0.4) is 0 Å². The molecule has 12 heavy (non-hydrogen) atoms. The van der Waals surface area contributed by atoms with E-state index in [0.29, 0.717) is 6.04 Å². The summed E-state index contributed by atoms with van der Waals surface area (Å²) in [5, 5.41) is 4.28. The van der Waals surface area contributed by atoms with Crippen LogP contribution in [0.25, 0.3) is 0 Å². The second-order valence-corrected chi connectivity index (χ2v) is 4.48. The Balaban J connectivity index is 2.13. The van der Waals surface area contributed by atoms with Crippen molar-refractivity contribution in [3.63, 3.8) is 0 Å². The standard InChI is InChI=1S/C8H11BrN2S/c9-6-7-2-1-4-11(7)8-10-3-5-12-8/h3,5,7H,1-2,4,6H2. The van der Waals surface area contributed by atoms with Gasteiger partial charge in [-0.25, -0.2) is 4.98 Å². The summed E-state index contributed by atoms with van der Waals surface area (Å²) in [6.07, 6.45) is 4.48. The van der Waals surface area contributed by atoms with Gasteiger partial charge in [-0.2, -0.15) is 0 Å². The van der Waals surface area contributed by atoms with Crippen molar-refractivity contribution in [2.24, 2.45) is 0 Å². The lowest BCUT2D eigenvalue weighted by molar-refractivity contribution is 0.748. The maximum Gasteiger partial charge on any atom is 0.185 e. The van der Waals surface area contributed by atoms with Gasteiger partial charge in [0.25, 0.3) is 0 Å². The zero-order valence-electron chi connectivity index (χ0n) is 6.74. The Morgan fingerprint density at radius 1 is 1.75 bits per heavy atom. The number of anilines is 1. The molecule has 1 aromatic rings. The summed E-state index contributed by atoms with van der Waals surface area (Å²) >= 11 is 5.27. The van der Waals surface area contributed by atoms with Gasteiger partial charge in [0.05, 0.1) is 0 Å². The Labute approximate surface area is 84.7 Å². The Morgan fingerprint density at radius 3 is 3.33 bits per heavy atom. The second kappa shape index (κ2) is 3.75. The minimum Gasteiger partial charge on any atom is -0.344 e. The number of rotatable bonds is 2. The molecule has 1 aromatic heterocycles. The molecule has 2 rings (SSSR count). The van der Waals surface area contributed by atoms with Crippen LogP contribution in [0.1, 0.15) is 12.8 Å². The van der Waals surface area contributed by atoms with Crippen molar-refractivity contribution in [3.8, 4) is 0 Å². The number of halogens is 1. The minimum atomic E-state index is 0.663. The highest BCUT2D eigenvalue weighted by atomic mass is 79.9. The van der Waals surface area contributed by atoms with E-state index in [1.54, 1.807) is 11.3 Å². The van der Waals surface area contributed by atoms with E-state index in [0.717, 1.165) is 5.33 Å². The van der Waals surface area contributed by atoms with Crippen LogP contribution in [-0.4, -0.2) is 22.9 Å². The molecule has 0 N–H and O–H groups in total. The van der Waals surface area contributed by atoms with Crippen molar-refractivity contribution in [3.05, 3.63) is 11.6 Å². The van der Waals surface area contributed by atoms with Crippen LogP contribution in [0.5, 0.6) is 0 Å². The Bertz CT molecular complexity index is 237. The maximum absolute atomic E-state index is 4.32. The van der Waals surface area contributed by atoms with Gasteiger partial charge in [0.15, 0.2) is 5.13 Å². The first-order chi connectivity index (χ1) is 5.92. The van der Waals surface area contributed by atoms with Crippen LogP contribution >= 0.6 is 27.3 Å². The molecule has 0 saturated carbocycles. The number of nitrogens with zero attached hydrogens (tertiary/aromatic N) is 2. The highest BCUT2D eigenvalue weighted by Crippen LogP contribution is 2.27. The fourth-order valence-corrected chi connectivity index (χ4v) is 3.02. The Hall–Kier alpha value is -0.0900. The summed E-state index contributed by atoms with van der Waals surface area (Å²) in [7, 11) is 0. The van der Waals surface area contributed by atoms with Crippen LogP contribution in [0.2, 0.25) is 0 Å². The first-order valence-corrected chi connectivity index (χ1v) is 6.14. The summed E-state index contributed by atoms with van der Waals surface area (Å²) < 4.78 is 0. The number of thiazole rings is 1. The van der Waals surface area contributed by atoms with E-state index in [4.69, 9.17) is 0 Å². The third kappa shape index (κ3) is 1.50. The number of hydrogen-bond acceptors (Lipinski definition) is 3. The fraction of sp³-hybridized carbons (Fsp3) is 0.625. The number of hydrogen-bond donors (Lipinski definition) is 0. The quantitative estimate of drug-likeness (QED) is 0.746. The molecule has 1 saturated heterocycles.